The van der Waals surface area contributed by atoms with Crippen LogP contribution in [0.15, 0.2) is 46.9 Å². The molecule has 1 unspecified atom stereocenters. The molecule has 0 aliphatic heterocycles. The first-order valence-corrected chi connectivity index (χ1v) is 7.48. The number of ether oxygens (including phenoxy) is 1. The SMILES string of the molecule is CCNCC(Oc1cc(Br)cc(F)c1F)c1ccccc1. The molecule has 0 bridgehead atoms. The average molecular weight is 356 g/mol. The van der Waals surface area contributed by atoms with Crippen molar-refractivity contribution in [2.75, 3.05) is 13.1 Å². The van der Waals surface area contributed by atoms with E-state index in [1.54, 1.807) is 0 Å². The largest absolute Gasteiger partial charge is 0.481 e. The fourth-order valence-corrected chi connectivity index (χ4v) is 2.35. The number of nitrogens with one attached hydrogen (secondary N) is 1. The summed E-state index contributed by atoms with van der Waals surface area (Å²) in [5.74, 6) is -2.01. The Bertz CT molecular complexity index is 592. The van der Waals surface area contributed by atoms with Crippen molar-refractivity contribution in [2.45, 2.75) is 13.0 Å². The van der Waals surface area contributed by atoms with Crippen molar-refractivity contribution in [1.82, 2.24) is 5.32 Å². The van der Waals surface area contributed by atoms with Gasteiger partial charge in [-0.2, -0.15) is 4.39 Å². The third-order valence-corrected chi connectivity index (χ3v) is 3.44. The minimum atomic E-state index is -0.976. The van der Waals surface area contributed by atoms with Crippen molar-refractivity contribution < 1.29 is 13.5 Å². The molecule has 0 aliphatic carbocycles. The Balaban J connectivity index is 2.27. The molecule has 0 aliphatic rings. The predicted molar refractivity (Wildman–Crippen MR) is 82.4 cm³/mol. The van der Waals surface area contributed by atoms with Crippen LogP contribution < -0.4 is 10.1 Å². The van der Waals surface area contributed by atoms with Gasteiger partial charge in [-0.3, -0.25) is 0 Å². The van der Waals surface area contributed by atoms with E-state index >= 15 is 0 Å². The zero-order chi connectivity index (χ0) is 15.2. The quantitative estimate of drug-likeness (QED) is 0.772. The fourth-order valence-electron chi connectivity index (χ4n) is 1.94. The molecular weight excluding hydrogens is 340 g/mol. The normalized spacial score (nSPS) is 12.2. The lowest BCUT2D eigenvalue weighted by atomic mass is 10.1. The third kappa shape index (κ3) is 4.25. The third-order valence-electron chi connectivity index (χ3n) is 2.98. The molecule has 0 radical (unpaired) electrons. The predicted octanol–water partition coefficient (Wildman–Crippen LogP) is 4.46. The maximum atomic E-state index is 13.8. The van der Waals surface area contributed by atoms with Gasteiger partial charge < -0.3 is 10.1 Å². The molecule has 0 amide bonds. The van der Waals surface area contributed by atoms with E-state index in [9.17, 15) is 8.78 Å². The van der Waals surface area contributed by atoms with Gasteiger partial charge >= 0.3 is 0 Å². The van der Waals surface area contributed by atoms with E-state index in [-0.39, 0.29) is 5.75 Å². The summed E-state index contributed by atoms with van der Waals surface area (Å²) < 4.78 is 33.4. The van der Waals surface area contributed by atoms with E-state index in [0.717, 1.165) is 18.2 Å². The van der Waals surface area contributed by atoms with E-state index < -0.39 is 17.7 Å². The second-order valence-electron chi connectivity index (χ2n) is 4.52. The lowest BCUT2D eigenvalue weighted by Gasteiger charge is -2.20. The topological polar surface area (TPSA) is 21.3 Å². The maximum Gasteiger partial charge on any atom is 0.200 e. The Morgan fingerprint density at radius 2 is 1.90 bits per heavy atom. The van der Waals surface area contributed by atoms with Crippen LogP contribution in [-0.2, 0) is 0 Å². The Labute approximate surface area is 131 Å². The van der Waals surface area contributed by atoms with Gasteiger partial charge in [-0.1, -0.05) is 53.2 Å². The second kappa shape index (κ2) is 7.52. The van der Waals surface area contributed by atoms with E-state index in [2.05, 4.69) is 21.2 Å². The molecular formula is C16H16BrF2NO. The fraction of sp³-hybridized carbons (Fsp3) is 0.250. The van der Waals surface area contributed by atoms with Gasteiger partial charge in [0.25, 0.3) is 0 Å². The Hall–Kier alpha value is -1.46. The van der Waals surface area contributed by atoms with Crippen molar-refractivity contribution in [3.63, 3.8) is 0 Å². The number of halogens is 3. The molecule has 21 heavy (non-hydrogen) atoms. The van der Waals surface area contributed by atoms with Gasteiger partial charge in [-0.15, -0.1) is 0 Å². The Morgan fingerprint density at radius 3 is 2.57 bits per heavy atom. The molecule has 2 rings (SSSR count). The minimum absolute atomic E-state index is 0.103. The molecule has 0 fully saturated rings. The summed E-state index contributed by atoms with van der Waals surface area (Å²) in [7, 11) is 0. The van der Waals surface area contributed by atoms with Crippen LogP contribution in [0.5, 0.6) is 5.75 Å². The molecule has 0 saturated heterocycles. The lowest BCUT2D eigenvalue weighted by Crippen LogP contribution is -2.25. The molecule has 2 aromatic carbocycles. The number of hydrogen-bond acceptors (Lipinski definition) is 2. The number of rotatable bonds is 6. The van der Waals surface area contributed by atoms with Gasteiger partial charge in [0, 0.05) is 11.0 Å². The monoisotopic (exact) mass is 355 g/mol. The molecule has 0 aromatic heterocycles. The number of likely N-dealkylation sites (N-methyl/N-ethyl adjacent to an activating group) is 1. The van der Waals surface area contributed by atoms with Crippen molar-refractivity contribution in [1.29, 1.82) is 0 Å². The zero-order valence-corrected chi connectivity index (χ0v) is 13.2. The van der Waals surface area contributed by atoms with Crippen molar-refractivity contribution in [2.24, 2.45) is 0 Å². The van der Waals surface area contributed by atoms with Crippen LogP contribution >= 0.6 is 15.9 Å². The standard InChI is InChI=1S/C16H16BrF2NO/c1-2-20-10-15(11-6-4-3-5-7-11)21-14-9-12(17)8-13(18)16(14)19/h3-9,15,20H,2,10H2,1H3. The van der Waals surface area contributed by atoms with Crippen LogP contribution in [0, 0.1) is 11.6 Å². The van der Waals surface area contributed by atoms with E-state index in [1.165, 1.54) is 6.07 Å². The number of benzene rings is 2. The van der Waals surface area contributed by atoms with E-state index in [1.807, 2.05) is 37.3 Å². The highest BCUT2D eigenvalue weighted by Gasteiger charge is 2.18. The molecule has 1 N–H and O–H groups in total. The first kappa shape index (κ1) is 15.9. The summed E-state index contributed by atoms with van der Waals surface area (Å²) in [5.41, 5.74) is 0.901. The molecule has 0 spiro atoms. The van der Waals surface area contributed by atoms with Crippen LogP contribution in [0.1, 0.15) is 18.6 Å². The Morgan fingerprint density at radius 1 is 1.19 bits per heavy atom. The van der Waals surface area contributed by atoms with Crippen molar-refractivity contribution in [3.8, 4) is 5.75 Å². The second-order valence-corrected chi connectivity index (χ2v) is 5.44. The smallest absolute Gasteiger partial charge is 0.200 e. The molecule has 112 valence electrons. The summed E-state index contributed by atoms with van der Waals surface area (Å²) in [6.45, 7) is 3.25. The highest BCUT2D eigenvalue weighted by Crippen LogP contribution is 2.29. The summed E-state index contributed by atoms with van der Waals surface area (Å²) in [5, 5.41) is 3.16. The summed E-state index contributed by atoms with van der Waals surface area (Å²) in [6.07, 6.45) is -0.394. The van der Waals surface area contributed by atoms with Gasteiger partial charge in [0.2, 0.25) is 5.82 Å². The maximum absolute atomic E-state index is 13.8. The van der Waals surface area contributed by atoms with E-state index in [0.29, 0.717) is 11.0 Å². The van der Waals surface area contributed by atoms with E-state index in [4.69, 9.17) is 4.74 Å². The molecule has 1 atom stereocenters. The highest BCUT2D eigenvalue weighted by molar-refractivity contribution is 9.10. The van der Waals surface area contributed by atoms with Gasteiger partial charge in [-0.25, -0.2) is 4.39 Å². The first-order valence-electron chi connectivity index (χ1n) is 6.68. The molecule has 2 aromatic rings. The minimum Gasteiger partial charge on any atom is -0.481 e. The van der Waals surface area contributed by atoms with Crippen LogP contribution in [-0.4, -0.2) is 13.1 Å². The van der Waals surface area contributed by atoms with Gasteiger partial charge in [0.05, 0.1) is 0 Å². The van der Waals surface area contributed by atoms with Crippen LogP contribution in [0.2, 0.25) is 0 Å². The summed E-state index contributed by atoms with van der Waals surface area (Å²) >= 11 is 3.14. The first-order chi connectivity index (χ1) is 10.1. The summed E-state index contributed by atoms with van der Waals surface area (Å²) in [6, 6.07) is 12.0. The molecule has 0 heterocycles. The lowest BCUT2D eigenvalue weighted by molar-refractivity contribution is 0.191. The number of hydrogen-bond donors (Lipinski definition) is 1. The average Bonchev–Trinajstić information content (AvgIpc) is 2.49. The highest BCUT2D eigenvalue weighted by atomic mass is 79.9. The van der Waals surface area contributed by atoms with Crippen LogP contribution in [0.25, 0.3) is 0 Å². The molecule has 0 saturated carbocycles. The van der Waals surface area contributed by atoms with Crippen LogP contribution in [0.4, 0.5) is 8.78 Å². The van der Waals surface area contributed by atoms with Gasteiger partial charge in [0.1, 0.15) is 6.10 Å². The van der Waals surface area contributed by atoms with Crippen molar-refractivity contribution in [3.05, 3.63) is 64.1 Å². The van der Waals surface area contributed by atoms with Crippen molar-refractivity contribution >= 4 is 15.9 Å². The molecule has 2 nitrogen and oxygen atoms in total. The van der Waals surface area contributed by atoms with Gasteiger partial charge in [-0.05, 0) is 24.2 Å². The summed E-state index contributed by atoms with van der Waals surface area (Å²) in [4.78, 5) is 0. The van der Waals surface area contributed by atoms with Crippen LogP contribution in [0.3, 0.4) is 0 Å². The van der Waals surface area contributed by atoms with Gasteiger partial charge in [0.15, 0.2) is 11.6 Å². The Kier molecular flexibility index (Phi) is 5.70. The molecule has 5 heteroatoms. The zero-order valence-electron chi connectivity index (χ0n) is 11.6.